The lowest BCUT2D eigenvalue weighted by atomic mass is 10.1. The van der Waals surface area contributed by atoms with E-state index in [0.717, 1.165) is 5.56 Å². The molecule has 164 valence electrons. The first-order chi connectivity index (χ1) is 15.0. The van der Waals surface area contributed by atoms with Gasteiger partial charge >= 0.3 is 6.03 Å². The molecule has 9 heteroatoms. The molecule has 1 heterocycles. The molecule has 0 unspecified atom stereocenters. The van der Waals surface area contributed by atoms with Crippen LogP contribution in [0.3, 0.4) is 0 Å². The topological polar surface area (TPSA) is 109 Å². The minimum absolute atomic E-state index is 0.127. The van der Waals surface area contributed by atoms with Crippen molar-refractivity contribution in [3.8, 4) is 0 Å². The van der Waals surface area contributed by atoms with Crippen LogP contribution < -0.4 is 20.9 Å². The zero-order chi connectivity index (χ0) is 22.2. The first-order valence-electron chi connectivity index (χ1n) is 9.86. The summed E-state index contributed by atoms with van der Waals surface area (Å²) in [6, 6.07) is 15.0. The highest BCUT2D eigenvalue weighted by Gasteiger charge is 2.30. The van der Waals surface area contributed by atoms with Gasteiger partial charge in [0.25, 0.3) is 0 Å². The molecule has 4 amide bonds. The van der Waals surface area contributed by atoms with Gasteiger partial charge in [0.1, 0.15) is 12.6 Å². The number of fused-ring (bicyclic) bond motifs is 1. The lowest BCUT2D eigenvalue weighted by Gasteiger charge is -2.30. The van der Waals surface area contributed by atoms with Crippen LogP contribution in [-0.4, -0.2) is 57.5 Å². The standard InChI is InChI=1S/C22H26N4O5/c1-30-20(31-2)13-23-21(28)17(12-15-8-4-3-5-9-15)25-22(29)26-14-19(27)24-16-10-6-7-11-18(16)26/h3-11,17,20H,12-14H2,1-2H3,(H,23,28)(H,24,27)(H,25,29)/t17-/m0/s1. The van der Waals surface area contributed by atoms with E-state index in [-0.39, 0.29) is 31.3 Å². The second kappa shape index (κ2) is 10.6. The second-order valence-corrected chi connectivity index (χ2v) is 6.99. The van der Waals surface area contributed by atoms with Crippen molar-refractivity contribution in [1.29, 1.82) is 0 Å². The largest absolute Gasteiger partial charge is 0.354 e. The summed E-state index contributed by atoms with van der Waals surface area (Å²) in [5, 5.41) is 8.25. The maximum Gasteiger partial charge on any atom is 0.323 e. The summed E-state index contributed by atoms with van der Waals surface area (Å²) in [6.07, 6.45) is -0.320. The molecule has 3 rings (SSSR count). The Morgan fingerprint density at radius 3 is 2.45 bits per heavy atom. The molecule has 0 radical (unpaired) electrons. The summed E-state index contributed by atoms with van der Waals surface area (Å²) in [7, 11) is 2.95. The number of hydrogen-bond donors (Lipinski definition) is 3. The molecule has 0 aliphatic carbocycles. The van der Waals surface area contributed by atoms with Crippen molar-refractivity contribution < 1.29 is 23.9 Å². The molecule has 0 spiro atoms. The Hall–Kier alpha value is -3.43. The molecule has 1 atom stereocenters. The quantitative estimate of drug-likeness (QED) is 0.555. The van der Waals surface area contributed by atoms with Crippen molar-refractivity contribution in [1.82, 2.24) is 10.6 Å². The molecule has 1 aliphatic rings. The number of ether oxygens (including phenoxy) is 2. The normalized spacial score (nSPS) is 13.9. The number of carbonyl (C=O) groups is 3. The number of carbonyl (C=O) groups excluding carboxylic acids is 3. The van der Waals surface area contributed by atoms with Gasteiger partial charge in [-0.05, 0) is 17.7 Å². The molecule has 1 aliphatic heterocycles. The number of hydrogen-bond acceptors (Lipinski definition) is 5. The fourth-order valence-electron chi connectivity index (χ4n) is 3.27. The Kier molecular flexibility index (Phi) is 7.58. The smallest absolute Gasteiger partial charge is 0.323 e. The van der Waals surface area contributed by atoms with Gasteiger partial charge in [-0.1, -0.05) is 42.5 Å². The fraction of sp³-hybridized carbons (Fsp3) is 0.318. The number of rotatable bonds is 8. The highest BCUT2D eigenvalue weighted by molar-refractivity contribution is 6.10. The van der Waals surface area contributed by atoms with E-state index in [4.69, 9.17) is 9.47 Å². The number of nitrogens with zero attached hydrogens (tertiary/aromatic N) is 1. The average Bonchev–Trinajstić information content (AvgIpc) is 2.79. The summed E-state index contributed by atoms with van der Waals surface area (Å²) in [5.74, 6) is -0.688. The van der Waals surface area contributed by atoms with Crippen molar-refractivity contribution in [2.45, 2.75) is 18.8 Å². The Bertz CT molecular complexity index is 917. The third kappa shape index (κ3) is 5.80. The van der Waals surface area contributed by atoms with Gasteiger partial charge in [-0.2, -0.15) is 0 Å². The van der Waals surface area contributed by atoms with Crippen LogP contribution in [0, 0.1) is 0 Å². The van der Waals surface area contributed by atoms with Crippen molar-refractivity contribution in [3.05, 3.63) is 60.2 Å². The van der Waals surface area contributed by atoms with Gasteiger partial charge in [-0.3, -0.25) is 14.5 Å². The molecular weight excluding hydrogens is 400 g/mol. The number of nitrogens with one attached hydrogen (secondary N) is 3. The molecular formula is C22H26N4O5. The van der Waals surface area contributed by atoms with Crippen LogP contribution >= 0.6 is 0 Å². The Morgan fingerprint density at radius 2 is 1.74 bits per heavy atom. The third-order valence-electron chi connectivity index (χ3n) is 4.88. The highest BCUT2D eigenvalue weighted by atomic mass is 16.7. The zero-order valence-electron chi connectivity index (χ0n) is 17.5. The van der Waals surface area contributed by atoms with Gasteiger partial charge in [0.15, 0.2) is 6.29 Å². The monoisotopic (exact) mass is 426 g/mol. The number of anilines is 2. The maximum atomic E-state index is 13.1. The van der Waals surface area contributed by atoms with E-state index in [9.17, 15) is 14.4 Å². The molecule has 0 saturated heterocycles. The molecule has 0 aromatic heterocycles. The zero-order valence-corrected chi connectivity index (χ0v) is 17.5. The molecule has 2 aromatic carbocycles. The van der Waals surface area contributed by atoms with Gasteiger partial charge in [0, 0.05) is 20.6 Å². The van der Waals surface area contributed by atoms with E-state index < -0.39 is 18.4 Å². The minimum atomic E-state index is -0.860. The summed E-state index contributed by atoms with van der Waals surface area (Å²) in [6.45, 7) is -0.0140. The fourth-order valence-corrected chi connectivity index (χ4v) is 3.27. The SMILES string of the molecule is COC(CNC(=O)[C@H](Cc1ccccc1)NC(=O)N1CC(=O)Nc2ccccc21)OC. The number of para-hydroxylation sites is 2. The van der Waals surface area contributed by atoms with Gasteiger partial charge in [-0.25, -0.2) is 4.79 Å². The predicted octanol–water partition coefficient (Wildman–Crippen LogP) is 1.50. The minimum Gasteiger partial charge on any atom is -0.354 e. The van der Waals surface area contributed by atoms with Gasteiger partial charge < -0.3 is 25.4 Å². The maximum absolute atomic E-state index is 13.1. The van der Waals surface area contributed by atoms with Gasteiger partial charge in [0.05, 0.1) is 17.9 Å². The summed E-state index contributed by atoms with van der Waals surface area (Å²) in [5.41, 5.74) is 1.99. The van der Waals surface area contributed by atoms with Gasteiger partial charge in [-0.15, -0.1) is 0 Å². The van der Waals surface area contributed by atoms with E-state index in [1.165, 1.54) is 19.1 Å². The van der Waals surface area contributed by atoms with E-state index in [1.807, 2.05) is 30.3 Å². The number of methoxy groups -OCH3 is 2. The number of benzene rings is 2. The van der Waals surface area contributed by atoms with E-state index in [0.29, 0.717) is 11.4 Å². The number of amides is 4. The molecule has 9 nitrogen and oxygen atoms in total. The van der Waals surface area contributed by atoms with Crippen molar-refractivity contribution >= 4 is 29.2 Å². The van der Waals surface area contributed by atoms with Crippen LogP contribution in [0.15, 0.2) is 54.6 Å². The van der Waals surface area contributed by atoms with E-state index in [1.54, 1.807) is 24.3 Å². The van der Waals surface area contributed by atoms with E-state index in [2.05, 4.69) is 16.0 Å². The predicted molar refractivity (Wildman–Crippen MR) is 116 cm³/mol. The van der Waals surface area contributed by atoms with Crippen LogP contribution in [0.4, 0.5) is 16.2 Å². The second-order valence-electron chi connectivity index (χ2n) is 6.99. The highest BCUT2D eigenvalue weighted by Crippen LogP contribution is 2.28. The average molecular weight is 426 g/mol. The summed E-state index contributed by atoms with van der Waals surface area (Å²) < 4.78 is 10.2. The lowest BCUT2D eigenvalue weighted by Crippen LogP contribution is -2.55. The van der Waals surface area contributed by atoms with Crippen molar-refractivity contribution in [3.63, 3.8) is 0 Å². The Morgan fingerprint density at radius 1 is 1.06 bits per heavy atom. The van der Waals surface area contributed by atoms with Crippen LogP contribution in [0.1, 0.15) is 5.56 Å². The lowest BCUT2D eigenvalue weighted by molar-refractivity contribution is -0.129. The number of urea groups is 1. The molecule has 2 aromatic rings. The summed E-state index contributed by atoms with van der Waals surface area (Å²) >= 11 is 0. The van der Waals surface area contributed by atoms with Crippen molar-refractivity contribution in [2.75, 3.05) is 37.5 Å². The summed E-state index contributed by atoms with van der Waals surface area (Å²) in [4.78, 5) is 39.3. The van der Waals surface area contributed by atoms with Crippen LogP contribution in [-0.2, 0) is 25.5 Å². The van der Waals surface area contributed by atoms with Crippen molar-refractivity contribution in [2.24, 2.45) is 0 Å². The Labute approximate surface area is 180 Å². The molecule has 0 saturated carbocycles. The van der Waals surface area contributed by atoms with Crippen LogP contribution in [0.2, 0.25) is 0 Å². The molecule has 31 heavy (non-hydrogen) atoms. The van der Waals surface area contributed by atoms with E-state index >= 15 is 0 Å². The van der Waals surface area contributed by atoms with Gasteiger partial charge in [0.2, 0.25) is 11.8 Å². The molecule has 3 N–H and O–H groups in total. The first kappa shape index (κ1) is 22.3. The Balaban J connectivity index is 1.76. The molecule has 0 bridgehead atoms. The third-order valence-corrected chi connectivity index (χ3v) is 4.88. The van der Waals surface area contributed by atoms with Crippen LogP contribution in [0.5, 0.6) is 0 Å². The van der Waals surface area contributed by atoms with Crippen LogP contribution in [0.25, 0.3) is 0 Å². The first-order valence-corrected chi connectivity index (χ1v) is 9.86. The molecule has 0 fully saturated rings.